The van der Waals surface area contributed by atoms with Crippen molar-refractivity contribution in [1.29, 1.82) is 0 Å². The number of benzene rings is 4. The van der Waals surface area contributed by atoms with Crippen LogP contribution in [0.15, 0.2) is 88.2 Å². The zero-order chi connectivity index (χ0) is 31.9. The van der Waals surface area contributed by atoms with E-state index in [2.05, 4.69) is 64.2 Å². The summed E-state index contributed by atoms with van der Waals surface area (Å²) in [5.74, 6) is 0.753. The summed E-state index contributed by atoms with van der Waals surface area (Å²) < 4.78 is 37.6. The molecule has 0 saturated heterocycles. The summed E-state index contributed by atoms with van der Waals surface area (Å²) in [6.45, 7) is 8.18. The van der Waals surface area contributed by atoms with Gasteiger partial charge in [-0.25, -0.2) is 0 Å². The molecule has 0 radical (unpaired) electrons. The topological polar surface area (TPSA) is 50.6 Å². The van der Waals surface area contributed by atoms with Crippen LogP contribution in [0.4, 0.5) is 5.69 Å². The quantitative estimate of drug-likeness (QED) is 0.164. The summed E-state index contributed by atoms with van der Waals surface area (Å²) in [4.78, 5) is 2.93. The van der Waals surface area contributed by atoms with E-state index in [1.54, 1.807) is 11.1 Å². The first kappa shape index (κ1) is 25.1. The third kappa shape index (κ3) is 4.47. The molecule has 4 heterocycles. The van der Waals surface area contributed by atoms with Gasteiger partial charge in [0, 0.05) is 48.1 Å². The van der Waals surface area contributed by atoms with Crippen molar-refractivity contribution in [2.24, 2.45) is 0 Å². The number of hydrogen-bond donors (Lipinski definition) is 0. The molecule has 0 bridgehead atoms. The molecule has 0 atom stereocenters. The van der Waals surface area contributed by atoms with Crippen LogP contribution in [0.2, 0.25) is 0 Å². The molecule has 4 aromatic carbocycles. The van der Waals surface area contributed by atoms with E-state index in [0.717, 1.165) is 32.8 Å². The normalized spacial score (nSPS) is 14.8. The largest absolute Gasteiger partial charge is 0.511 e. The molecular formula is C37H31N4O2Pt-3. The molecule has 224 valence electrons. The zero-order valence-electron chi connectivity index (χ0n) is 27.7. The van der Waals surface area contributed by atoms with Gasteiger partial charge in [-0.15, -0.1) is 47.2 Å². The molecule has 8 rings (SSSR count). The Balaban J connectivity index is 0.00000351. The summed E-state index contributed by atoms with van der Waals surface area (Å²) in [6.07, 6.45) is 7.26. The van der Waals surface area contributed by atoms with Crippen LogP contribution in [0.1, 0.15) is 54.8 Å². The van der Waals surface area contributed by atoms with Gasteiger partial charge in [0.1, 0.15) is 0 Å². The summed E-state index contributed by atoms with van der Waals surface area (Å²) >= 11 is 0. The van der Waals surface area contributed by atoms with E-state index >= 15 is 0 Å². The van der Waals surface area contributed by atoms with E-state index in [1.165, 1.54) is 34.5 Å². The number of nitrogens with zero attached hydrogens (tertiary/aromatic N) is 4. The molecule has 0 saturated carbocycles. The summed E-state index contributed by atoms with van der Waals surface area (Å²) in [6, 6.07) is 25.1. The van der Waals surface area contributed by atoms with Gasteiger partial charge in [0.25, 0.3) is 0 Å². The summed E-state index contributed by atoms with van der Waals surface area (Å²) in [5.41, 5.74) is 9.24. The predicted molar refractivity (Wildman–Crippen MR) is 173 cm³/mol. The number of furan rings is 2. The van der Waals surface area contributed by atoms with Crippen molar-refractivity contribution in [3.8, 4) is 16.8 Å². The van der Waals surface area contributed by atoms with Crippen molar-refractivity contribution >= 4 is 49.6 Å². The second-order valence-corrected chi connectivity index (χ2v) is 11.7. The van der Waals surface area contributed by atoms with Gasteiger partial charge in [-0.1, -0.05) is 62.4 Å². The second kappa shape index (κ2) is 10.7. The standard InChI is InChI=1S/C37H31N4O2.Pt/c1-22(2)27-7-6-8-28(23(3)4)35(27)24-19-38-41(20-24)26-10-12-32-30(18-26)37-34(43-32)14-13-33-36(37)29-17-25(9-11-31(29)42-33)40-16-15-39(5)21-40;/h6-16,19-23H,1-5H3;/q-3;/i5D3;. The van der Waals surface area contributed by atoms with Crippen molar-refractivity contribution in [1.82, 2.24) is 14.7 Å². The van der Waals surface area contributed by atoms with E-state index in [0.29, 0.717) is 39.9 Å². The minimum atomic E-state index is -2.27. The van der Waals surface area contributed by atoms with Crippen molar-refractivity contribution in [3.63, 3.8) is 0 Å². The average Bonchev–Trinajstić information content (AvgIpc) is 3.83. The Labute approximate surface area is 275 Å². The van der Waals surface area contributed by atoms with Crippen LogP contribution in [-0.2, 0) is 21.1 Å². The van der Waals surface area contributed by atoms with E-state index in [4.69, 9.17) is 18.0 Å². The maximum Gasteiger partial charge on any atom is 0.0722 e. The molecule has 0 amide bonds. The van der Waals surface area contributed by atoms with Crippen molar-refractivity contribution in [2.45, 2.75) is 39.5 Å². The minimum Gasteiger partial charge on any atom is -0.511 e. The number of aromatic nitrogens is 2. The number of rotatable bonds is 5. The average molecular weight is 762 g/mol. The van der Waals surface area contributed by atoms with Crippen LogP contribution >= 0.6 is 0 Å². The first-order valence-electron chi connectivity index (χ1n) is 16.0. The zero-order valence-corrected chi connectivity index (χ0v) is 26.9. The van der Waals surface area contributed by atoms with Crippen LogP contribution in [-0.4, -0.2) is 21.7 Å². The third-order valence-corrected chi connectivity index (χ3v) is 8.26. The SMILES string of the molecule is [2H]C([2H])([2H])N1C=CN(c2[c-]c3c(cc2)oc2ccc4oc5ccc(-n6cc(-c7c(C(C)C)cccc7C(C)C)cn6)[c-]c5c4c23)[CH-]1.[Pt]. The Hall–Kier alpha value is -4.28. The molecule has 1 aliphatic heterocycles. The Morgan fingerprint density at radius 3 is 1.95 bits per heavy atom. The summed E-state index contributed by atoms with van der Waals surface area (Å²) in [5, 5.41) is 8.14. The fraction of sp³-hybridized carbons (Fsp3) is 0.189. The van der Waals surface area contributed by atoms with Crippen LogP contribution in [0.3, 0.4) is 0 Å². The molecule has 0 spiro atoms. The molecule has 44 heavy (non-hydrogen) atoms. The van der Waals surface area contributed by atoms with Gasteiger partial charge in [-0.3, -0.25) is 4.68 Å². The fourth-order valence-corrected chi connectivity index (χ4v) is 6.20. The van der Waals surface area contributed by atoms with E-state index in [9.17, 15) is 0 Å². The van der Waals surface area contributed by atoms with E-state index < -0.39 is 6.98 Å². The third-order valence-electron chi connectivity index (χ3n) is 8.26. The fourth-order valence-electron chi connectivity index (χ4n) is 6.20. The van der Waals surface area contributed by atoms with Crippen LogP contribution in [0, 0.1) is 18.8 Å². The molecule has 1 aliphatic rings. The smallest absolute Gasteiger partial charge is 0.0722 e. The van der Waals surface area contributed by atoms with Crippen molar-refractivity contribution in [2.75, 3.05) is 11.9 Å². The van der Waals surface area contributed by atoms with Gasteiger partial charge in [0.15, 0.2) is 0 Å². The van der Waals surface area contributed by atoms with Gasteiger partial charge >= 0.3 is 0 Å². The van der Waals surface area contributed by atoms with Crippen molar-refractivity contribution < 1.29 is 34.0 Å². The Morgan fingerprint density at radius 2 is 1.36 bits per heavy atom. The van der Waals surface area contributed by atoms with Crippen LogP contribution in [0.5, 0.6) is 0 Å². The van der Waals surface area contributed by atoms with Gasteiger partial charge in [-0.05, 0) is 65.7 Å². The number of anilines is 1. The monoisotopic (exact) mass is 761 g/mol. The molecule has 3 aromatic heterocycles. The molecule has 7 heteroatoms. The Kier molecular flexibility index (Phi) is 6.11. The Bertz CT molecular complexity index is 2300. The predicted octanol–water partition coefficient (Wildman–Crippen LogP) is 9.53. The van der Waals surface area contributed by atoms with Gasteiger partial charge in [0.2, 0.25) is 0 Å². The Morgan fingerprint density at radius 1 is 0.773 bits per heavy atom. The first-order valence-corrected chi connectivity index (χ1v) is 14.5. The number of hydrogen-bond acceptors (Lipinski definition) is 5. The first-order chi connectivity index (χ1) is 22.1. The maximum atomic E-state index is 7.73. The van der Waals surface area contributed by atoms with E-state index in [1.807, 2.05) is 47.3 Å². The van der Waals surface area contributed by atoms with E-state index in [-0.39, 0.29) is 21.1 Å². The molecule has 0 aliphatic carbocycles. The number of fused-ring (bicyclic) bond motifs is 7. The van der Waals surface area contributed by atoms with Crippen LogP contribution < -0.4 is 4.90 Å². The molecule has 7 aromatic rings. The maximum absolute atomic E-state index is 7.73. The molecule has 6 nitrogen and oxygen atoms in total. The molecule has 0 unspecified atom stereocenters. The van der Waals surface area contributed by atoms with Crippen molar-refractivity contribution in [3.05, 3.63) is 109 Å². The van der Waals surface area contributed by atoms with Gasteiger partial charge in [-0.2, -0.15) is 11.8 Å². The van der Waals surface area contributed by atoms with Gasteiger partial charge < -0.3 is 18.6 Å². The van der Waals surface area contributed by atoms with Crippen LogP contribution in [0.25, 0.3) is 60.7 Å². The minimum absolute atomic E-state index is 0. The molecule has 0 N–H and O–H groups in total. The van der Waals surface area contributed by atoms with Gasteiger partial charge in [0.05, 0.1) is 17.4 Å². The molecular weight excluding hydrogens is 728 g/mol. The molecule has 0 fully saturated rings. The second-order valence-electron chi connectivity index (χ2n) is 11.7. The summed E-state index contributed by atoms with van der Waals surface area (Å²) in [7, 11) is 0.